The van der Waals surface area contributed by atoms with E-state index in [1.807, 2.05) is 0 Å². The highest BCUT2D eigenvalue weighted by atomic mass is 16.4. The van der Waals surface area contributed by atoms with Crippen LogP contribution in [0.25, 0.3) is 0 Å². The van der Waals surface area contributed by atoms with E-state index in [4.69, 9.17) is 10.8 Å². The summed E-state index contributed by atoms with van der Waals surface area (Å²) >= 11 is 0. The van der Waals surface area contributed by atoms with Gasteiger partial charge in [0.05, 0.1) is 11.6 Å². The Kier molecular flexibility index (Phi) is 3.96. The summed E-state index contributed by atoms with van der Waals surface area (Å²) < 4.78 is 1.57. The summed E-state index contributed by atoms with van der Waals surface area (Å²) in [5.41, 5.74) is 6.31. The number of anilines is 1. The van der Waals surface area contributed by atoms with Gasteiger partial charge >= 0.3 is 5.97 Å². The zero-order chi connectivity index (χ0) is 14.9. The molecule has 1 aliphatic rings. The SMILES string of the molecule is Cc1nn(C)c(NCC2CCCC2C(=O)O)c1C(N)=O. The minimum absolute atomic E-state index is 0.0726. The molecule has 0 spiro atoms. The minimum Gasteiger partial charge on any atom is -0.481 e. The number of amides is 1. The molecule has 1 heterocycles. The van der Waals surface area contributed by atoms with Gasteiger partial charge in [-0.1, -0.05) is 6.42 Å². The standard InChI is InChI=1S/C13H20N4O3/c1-7-10(11(14)18)12(17(2)16-7)15-6-8-4-3-5-9(8)13(19)20/h8-9,15H,3-6H2,1-2H3,(H2,14,18)(H,19,20). The van der Waals surface area contributed by atoms with Crippen molar-refractivity contribution in [1.29, 1.82) is 0 Å². The molecule has 7 nitrogen and oxygen atoms in total. The lowest BCUT2D eigenvalue weighted by molar-refractivity contribution is -0.142. The summed E-state index contributed by atoms with van der Waals surface area (Å²) in [6.07, 6.45) is 2.53. The van der Waals surface area contributed by atoms with E-state index in [-0.39, 0.29) is 11.8 Å². The highest BCUT2D eigenvalue weighted by molar-refractivity contribution is 5.98. The van der Waals surface area contributed by atoms with Crippen LogP contribution >= 0.6 is 0 Å². The summed E-state index contributed by atoms with van der Waals surface area (Å²) in [5, 5.41) is 16.5. The fraction of sp³-hybridized carbons (Fsp3) is 0.615. The number of rotatable bonds is 5. The molecule has 0 saturated heterocycles. The molecule has 0 aliphatic heterocycles. The van der Waals surface area contributed by atoms with E-state index >= 15 is 0 Å². The van der Waals surface area contributed by atoms with Crippen LogP contribution in [0, 0.1) is 18.8 Å². The van der Waals surface area contributed by atoms with Gasteiger partial charge in [0.2, 0.25) is 0 Å². The van der Waals surface area contributed by atoms with Crippen LogP contribution in [0.4, 0.5) is 5.82 Å². The molecule has 20 heavy (non-hydrogen) atoms. The van der Waals surface area contributed by atoms with E-state index in [0.29, 0.717) is 23.6 Å². The number of carbonyl (C=O) groups excluding carboxylic acids is 1. The normalized spacial score (nSPS) is 21.9. The number of hydrogen-bond acceptors (Lipinski definition) is 4. The van der Waals surface area contributed by atoms with Crippen molar-refractivity contribution in [3.05, 3.63) is 11.3 Å². The van der Waals surface area contributed by atoms with Crippen LogP contribution in [0.1, 0.15) is 35.3 Å². The van der Waals surface area contributed by atoms with E-state index in [1.54, 1.807) is 18.7 Å². The highest BCUT2D eigenvalue weighted by Crippen LogP contribution is 2.32. The van der Waals surface area contributed by atoms with Gasteiger partial charge in [0.1, 0.15) is 11.4 Å². The lowest BCUT2D eigenvalue weighted by Crippen LogP contribution is -2.26. The molecule has 1 fully saturated rings. The molecule has 7 heteroatoms. The van der Waals surface area contributed by atoms with Crippen molar-refractivity contribution < 1.29 is 14.7 Å². The Morgan fingerprint density at radius 1 is 1.50 bits per heavy atom. The van der Waals surface area contributed by atoms with Crippen LogP contribution in [0.5, 0.6) is 0 Å². The first-order chi connectivity index (χ1) is 9.41. The maximum absolute atomic E-state index is 11.5. The first kappa shape index (κ1) is 14.4. The fourth-order valence-electron chi connectivity index (χ4n) is 2.99. The van der Waals surface area contributed by atoms with Gasteiger partial charge in [-0.3, -0.25) is 14.3 Å². The largest absolute Gasteiger partial charge is 0.481 e. The number of nitrogens with zero attached hydrogens (tertiary/aromatic N) is 2. The van der Waals surface area contributed by atoms with Crippen molar-refractivity contribution in [1.82, 2.24) is 9.78 Å². The average molecular weight is 280 g/mol. The summed E-state index contributed by atoms with van der Waals surface area (Å²) in [4.78, 5) is 22.6. The lowest BCUT2D eigenvalue weighted by Gasteiger charge is -2.17. The maximum Gasteiger partial charge on any atom is 0.306 e. The average Bonchev–Trinajstić information content (AvgIpc) is 2.90. The molecule has 0 radical (unpaired) electrons. The number of nitrogens with two attached hydrogens (primary N) is 1. The predicted molar refractivity (Wildman–Crippen MR) is 73.4 cm³/mol. The highest BCUT2D eigenvalue weighted by Gasteiger charge is 2.33. The second-order valence-corrected chi connectivity index (χ2v) is 5.31. The van der Waals surface area contributed by atoms with Crippen LogP contribution in [-0.2, 0) is 11.8 Å². The van der Waals surface area contributed by atoms with Gasteiger partial charge in [-0.05, 0) is 25.7 Å². The van der Waals surface area contributed by atoms with Crippen molar-refractivity contribution in [2.24, 2.45) is 24.6 Å². The summed E-state index contributed by atoms with van der Waals surface area (Å²) in [6.45, 7) is 2.23. The Morgan fingerprint density at radius 3 is 2.80 bits per heavy atom. The number of carbonyl (C=O) groups is 2. The minimum atomic E-state index is -0.745. The second kappa shape index (κ2) is 5.52. The molecule has 110 valence electrons. The fourth-order valence-corrected chi connectivity index (χ4v) is 2.99. The lowest BCUT2D eigenvalue weighted by atomic mass is 9.96. The molecule has 1 aliphatic carbocycles. The molecule has 1 aromatic rings. The molecule has 2 unspecified atom stereocenters. The summed E-state index contributed by atoms with van der Waals surface area (Å²) in [5.74, 6) is -0.951. The number of nitrogens with one attached hydrogen (secondary N) is 1. The molecule has 4 N–H and O–H groups in total. The van der Waals surface area contributed by atoms with Gasteiger partial charge in [-0.2, -0.15) is 5.10 Å². The smallest absolute Gasteiger partial charge is 0.306 e. The number of hydrogen-bond donors (Lipinski definition) is 3. The predicted octanol–water partition coefficient (Wildman–Crippen LogP) is 0.740. The van der Waals surface area contributed by atoms with Crippen LogP contribution < -0.4 is 11.1 Å². The number of aromatic nitrogens is 2. The summed E-state index contributed by atoms with van der Waals surface area (Å²) in [6, 6.07) is 0. The van der Waals surface area contributed by atoms with Crippen LogP contribution in [0.15, 0.2) is 0 Å². The van der Waals surface area contributed by atoms with Gasteiger partial charge in [0.15, 0.2) is 0 Å². The van der Waals surface area contributed by atoms with Crippen molar-refractivity contribution in [3.8, 4) is 0 Å². The van der Waals surface area contributed by atoms with Gasteiger partial charge in [0, 0.05) is 13.6 Å². The maximum atomic E-state index is 11.5. The van der Waals surface area contributed by atoms with Crippen LogP contribution in [-0.4, -0.2) is 33.3 Å². The monoisotopic (exact) mass is 280 g/mol. The Labute approximate surface area is 117 Å². The van der Waals surface area contributed by atoms with Crippen molar-refractivity contribution >= 4 is 17.7 Å². The van der Waals surface area contributed by atoms with Gasteiger partial charge < -0.3 is 16.2 Å². The van der Waals surface area contributed by atoms with Crippen molar-refractivity contribution in [3.63, 3.8) is 0 Å². The third kappa shape index (κ3) is 2.61. The van der Waals surface area contributed by atoms with Gasteiger partial charge in [-0.15, -0.1) is 0 Å². The molecule has 0 aromatic carbocycles. The Bertz CT molecular complexity index is 538. The Hall–Kier alpha value is -2.05. The zero-order valence-corrected chi connectivity index (χ0v) is 11.7. The molecule has 1 saturated carbocycles. The molecule has 0 bridgehead atoms. The molecular formula is C13H20N4O3. The molecule has 1 aromatic heterocycles. The van der Waals surface area contributed by atoms with Crippen molar-refractivity contribution in [2.75, 3.05) is 11.9 Å². The first-order valence-electron chi connectivity index (χ1n) is 6.72. The van der Waals surface area contributed by atoms with Crippen LogP contribution in [0.3, 0.4) is 0 Å². The summed E-state index contributed by atoms with van der Waals surface area (Å²) in [7, 11) is 1.73. The molecule has 2 atom stereocenters. The van der Waals surface area contributed by atoms with E-state index in [9.17, 15) is 9.59 Å². The second-order valence-electron chi connectivity index (χ2n) is 5.31. The van der Waals surface area contributed by atoms with Gasteiger partial charge in [-0.25, -0.2) is 0 Å². The van der Waals surface area contributed by atoms with E-state index in [0.717, 1.165) is 19.3 Å². The number of primary amides is 1. The third-order valence-corrected chi connectivity index (χ3v) is 3.98. The van der Waals surface area contributed by atoms with E-state index in [1.165, 1.54) is 0 Å². The topological polar surface area (TPSA) is 110 Å². The number of carboxylic acids is 1. The number of aliphatic carboxylic acids is 1. The quantitative estimate of drug-likeness (QED) is 0.736. The van der Waals surface area contributed by atoms with E-state index in [2.05, 4.69) is 10.4 Å². The Morgan fingerprint density at radius 2 is 2.20 bits per heavy atom. The van der Waals surface area contributed by atoms with Crippen LogP contribution in [0.2, 0.25) is 0 Å². The zero-order valence-electron chi connectivity index (χ0n) is 11.7. The first-order valence-corrected chi connectivity index (χ1v) is 6.72. The number of aryl methyl sites for hydroxylation is 2. The Balaban J connectivity index is 2.11. The third-order valence-electron chi connectivity index (χ3n) is 3.98. The molecular weight excluding hydrogens is 260 g/mol. The van der Waals surface area contributed by atoms with E-state index < -0.39 is 11.9 Å². The molecule has 2 rings (SSSR count). The van der Waals surface area contributed by atoms with Crippen molar-refractivity contribution in [2.45, 2.75) is 26.2 Å². The molecule has 1 amide bonds. The van der Waals surface area contributed by atoms with Gasteiger partial charge in [0.25, 0.3) is 5.91 Å². The number of carboxylic acid groups (broad SMARTS) is 1.